The number of para-hydroxylation sites is 1. The number of allylic oxidation sites excluding steroid dienone is 4. The van der Waals surface area contributed by atoms with Gasteiger partial charge in [0.1, 0.15) is 0 Å². The molecule has 1 atom stereocenters. The van der Waals surface area contributed by atoms with Gasteiger partial charge in [-0.25, -0.2) is 0 Å². The highest BCUT2D eigenvalue weighted by atomic mass is 15.2. The van der Waals surface area contributed by atoms with E-state index in [0.717, 1.165) is 23.5 Å². The van der Waals surface area contributed by atoms with E-state index in [-0.39, 0.29) is 0 Å². The van der Waals surface area contributed by atoms with Gasteiger partial charge >= 0.3 is 0 Å². The fraction of sp³-hybridized carbons (Fsp3) is 0.0435. The van der Waals surface area contributed by atoms with E-state index in [0.29, 0.717) is 5.92 Å². The molecule has 7 aromatic carbocycles. The monoisotopic (exact) mass is 614 g/mol. The third-order valence-electron chi connectivity index (χ3n) is 9.75. The van der Waals surface area contributed by atoms with Gasteiger partial charge in [-0.15, -0.1) is 0 Å². The Balaban J connectivity index is 1.11. The van der Waals surface area contributed by atoms with Gasteiger partial charge < -0.3 is 9.80 Å². The summed E-state index contributed by atoms with van der Waals surface area (Å²) in [4.78, 5) is 4.83. The summed E-state index contributed by atoms with van der Waals surface area (Å²) in [7, 11) is 0. The maximum atomic E-state index is 2.45. The molecular formula is C46H34N2. The highest BCUT2D eigenvalue weighted by molar-refractivity contribution is 5.99. The Bertz CT molecular complexity index is 2290. The van der Waals surface area contributed by atoms with Crippen LogP contribution in [0.4, 0.5) is 28.4 Å². The van der Waals surface area contributed by atoms with E-state index < -0.39 is 0 Å². The first-order valence-corrected chi connectivity index (χ1v) is 16.7. The minimum absolute atomic E-state index is 0.393. The number of anilines is 5. The Morgan fingerprint density at radius 1 is 0.521 bits per heavy atom. The van der Waals surface area contributed by atoms with E-state index in [1.807, 2.05) is 0 Å². The summed E-state index contributed by atoms with van der Waals surface area (Å²) in [5.41, 5.74) is 13.5. The summed E-state index contributed by atoms with van der Waals surface area (Å²) in [5, 5.41) is 2.45. The number of rotatable bonds is 6. The van der Waals surface area contributed by atoms with Crippen LogP contribution >= 0.6 is 0 Å². The fourth-order valence-electron chi connectivity index (χ4n) is 7.42. The lowest BCUT2D eigenvalue weighted by molar-refractivity contribution is 0.819. The van der Waals surface area contributed by atoms with Crippen molar-refractivity contribution >= 4 is 39.2 Å². The molecule has 0 fully saturated rings. The lowest BCUT2D eigenvalue weighted by Gasteiger charge is -2.27. The number of hydrogen-bond acceptors (Lipinski definition) is 2. The third-order valence-corrected chi connectivity index (χ3v) is 9.75. The van der Waals surface area contributed by atoms with Crippen LogP contribution < -0.4 is 9.80 Å². The van der Waals surface area contributed by atoms with Crippen molar-refractivity contribution in [3.8, 4) is 22.3 Å². The summed E-state index contributed by atoms with van der Waals surface area (Å²) in [6.07, 6.45) is 7.80. The Morgan fingerprint density at radius 2 is 1.12 bits per heavy atom. The van der Waals surface area contributed by atoms with E-state index in [2.05, 4.69) is 198 Å². The summed E-state index contributed by atoms with van der Waals surface area (Å²) in [6.45, 7) is 0. The van der Waals surface area contributed by atoms with Gasteiger partial charge in [0.25, 0.3) is 0 Å². The van der Waals surface area contributed by atoms with Crippen molar-refractivity contribution < 1.29 is 0 Å². The molecule has 0 radical (unpaired) electrons. The standard InChI is InChI=1S/C46H34N2/c1-3-12-33(13-4-1)34-22-27-39(28-23-34)47(44-21-11-15-36-14-7-8-18-41(36)44)40-29-24-35(25-30-40)37-26-31-43-42-19-9-10-20-45(42)48(46(43)32-37)38-16-5-2-6-17-38/h1-18,20-32,42H,19H2. The van der Waals surface area contributed by atoms with Crippen molar-refractivity contribution in [1.29, 1.82) is 0 Å². The van der Waals surface area contributed by atoms with Gasteiger partial charge in [-0.05, 0) is 94.2 Å². The normalized spacial score (nSPS) is 14.8. The van der Waals surface area contributed by atoms with Gasteiger partial charge in [0.15, 0.2) is 0 Å². The maximum Gasteiger partial charge on any atom is 0.0540 e. The number of fused-ring (bicyclic) bond motifs is 4. The molecule has 2 nitrogen and oxygen atoms in total. The van der Waals surface area contributed by atoms with Crippen molar-refractivity contribution in [3.05, 3.63) is 199 Å². The van der Waals surface area contributed by atoms with Crippen molar-refractivity contribution in [2.45, 2.75) is 12.3 Å². The molecule has 0 bridgehead atoms. The zero-order chi connectivity index (χ0) is 31.9. The molecule has 0 amide bonds. The predicted octanol–water partition coefficient (Wildman–Crippen LogP) is 12.7. The maximum absolute atomic E-state index is 2.45. The van der Waals surface area contributed by atoms with Crippen LogP contribution in [0.3, 0.4) is 0 Å². The molecule has 48 heavy (non-hydrogen) atoms. The van der Waals surface area contributed by atoms with E-state index in [9.17, 15) is 0 Å². The van der Waals surface area contributed by atoms with Gasteiger partial charge in [-0.3, -0.25) is 0 Å². The molecule has 0 spiro atoms. The molecule has 7 aromatic rings. The second-order valence-corrected chi connectivity index (χ2v) is 12.5. The topological polar surface area (TPSA) is 6.48 Å². The molecule has 1 aliphatic carbocycles. The number of hydrogen-bond donors (Lipinski definition) is 0. The zero-order valence-corrected chi connectivity index (χ0v) is 26.6. The first kappa shape index (κ1) is 28.1. The van der Waals surface area contributed by atoms with Crippen LogP contribution in [-0.4, -0.2) is 0 Å². The first-order valence-electron chi connectivity index (χ1n) is 16.7. The van der Waals surface area contributed by atoms with E-state index in [1.165, 1.54) is 55.7 Å². The average Bonchev–Trinajstić information content (AvgIpc) is 3.50. The second kappa shape index (κ2) is 11.9. The quantitative estimate of drug-likeness (QED) is 0.184. The van der Waals surface area contributed by atoms with E-state index >= 15 is 0 Å². The van der Waals surface area contributed by atoms with Gasteiger partial charge in [-0.1, -0.05) is 133 Å². The van der Waals surface area contributed by atoms with E-state index in [1.54, 1.807) is 0 Å². The Hall–Kier alpha value is -6.12. The predicted molar refractivity (Wildman–Crippen MR) is 203 cm³/mol. The molecular weight excluding hydrogens is 581 g/mol. The molecule has 228 valence electrons. The Morgan fingerprint density at radius 3 is 1.88 bits per heavy atom. The molecule has 2 heteroatoms. The van der Waals surface area contributed by atoms with Crippen LogP contribution in [0, 0.1) is 0 Å². The molecule has 0 N–H and O–H groups in total. The van der Waals surface area contributed by atoms with Crippen LogP contribution in [0.5, 0.6) is 0 Å². The molecule has 2 aliphatic rings. The van der Waals surface area contributed by atoms with E-state index in [4.69, 9.17) is 0 Å². The lowest BCUT2D eigenvalue weighted by Crippen LogP contribution is -2.14. The lowest BCUT2D eigenvalue weighted by atomic mass is 9.91. The molecule has 1 aliphatic heterocycles. The highest BCUT2D eigenvalue weighted by Crippen LogP contribution is 2.51. The van der Waals surface area contributed by atoms with Crippen LogP contribution in [0.2, 0.25) is 0 Å². The van der Waals surface area contributed by atoms with Gasteiger partial charge in [0, 0.05) is 34.1 Å². The second-order valence-electron chi connectivity index (χ2n) is 12.5. The molecule has 0 saturated carbocycles. The Labute approximate surface area is 282 Å². The van der Waals surface area contributed by atoms with Crippen LogP contribution in [0.25, 0.3) is 33.0 Å². The molecule has 1 heterocycles. The van der Waals surface area contributed by atoms with Gasteiger partial charge in [-0.2, -0.15) is 0 Å². The van der Waals surface area contributed by atoms with Crippen LogP contribution in [0.1, 0.15) is 17.9 Å². The third kappa shape index (κ3) is 4.90. The minimum Gasteiger partial charge on any atom is -0.313 e. The van der Waals surface area contributed by atoms with Crippen molar-refractivity contribution in [2.24, 2.45) is 0 Å². The summed E-state index contributed by atoms with van der Waals surface area (Å²) in [6, 6.07) is 61.5. The number of nitrogens with zero attached hydrogens (tertiary/aromatic N) is 2. The zero-order valence-electron chi connectivity index (χ0n) is 26.6. The number of benzene rings is 7. The van der Waals surface area contributed by atoms with Crippen molar-refractivity contribution in [3.63, 3.8) is 0 Å². The summed E-state index contributed by atoms with van der Waals surface area (Å²) in [5.74, 6) is 0.393. The summed E-state index contributed by atoms with van der Waals surface area (Å²) >= 11 is 0. The van der Waals surface area contributed by atoms with Crippen LogP contribution in [0.15, 0.2) is 194 Å². The minimum atomic E-state index is 0.393. The SMILES string of the molecule is C1=CCC2C(=C1)N(c1ccccc1)c1cc(-c3ccc(N(c4ccc(-c5ccccc5)cc4)c4cccc5ccccc45)cc3)ccc12. The van der Waals surface area contributed by atoms with Crippen LogP contribution in [-0.2, 0) is 0 Å². The molecule has 0 saturated heterocycles. The Kier molecular flexibility index (Phi) is 6.98. The molecule has 9 rings (SSSR count). The van der Waals surface area contributed by atoms with Gasteiger partial charge in [0.05, 0.1) is 11.4 Å². The largest absolute Gasteiger partial charge is 0.313 e. The van der Waals surface area contributed by atoms with Crippen molar-refractivity contribution in [2.75, 3.05) is 9.80 Å². The average molecular weight is 615 g/mol. The highest BCUT2D eigenvalue weighted by Gasteiger charge is 2.34. The smallest absolute Gasteiger partial charge is 0.0540 e. The summed E-state index contributed by atoms with van der Waals surface area (Å²) < 4.78 is 0. The fourth-order valence-corrected chi connectivity index (χ4v) is 7.42. The van der Waals surface area contributed by atoms with Gasteiger partial charge in [0.2, 0.25) is 0 Å². The molecule has 0 aromatic heterocycles. The van der Waals surface area contributed by atoms with Crippen molar-refractivity contribution in [1.82, 2.24) is 0 Å². The molecule has 1 unspecified atom stereocenters. The first-order chi connectivity index (χ1) is 23.8.